The van der Waals surface area contributed by atoms with E-state index >= 15 is 0 Å². The fourth-order valence-electron chi connectivity index (χ4n) is 3.71. The lowest BCUT2D eigenvalue weighted by Crippen LogP contribution is -2.52. The highest BCUT2D eigenvalue weighted by atomic mass is 16.6. The first kappa shape index (κ1) is 30.2. The predicted molar refractivity (Wildman–Crippen MR) is 142 cm³/mol. The van der Waals surface area contributed by atoms with E-state index in [-0.39, 0.29) is 11.8 Å². The van der Waals surface area contributed by atoms with Gasteiger partial charge in [-0.25, -0.2) is 4.79 Å². The van der Waals surface area contributed by atoms with Crippen LogP contribution in [0.3, 0.4) is 0 Å². The van der Waals surface area contributed by atoms with Crippen LogP contribution in [-0.4, -0.2) is 47.5 Å². The largest absolute Gasteiger partial charge is 0.444 e. The quantitative estimate of drug-likeness (QED) is 0.334. The first-order valence-electron chi connectivity index (χ1n) is 12.8. The van der Waals surface area contributed by atoms with E-state index in [1.54, 1.807) is 38.7 Å². The average Bonchev–Trinajstić information content (AvgIpc) is 2.79. The third kappa shape index (κ3) is 11.0. The summed E-state index contributed by atoms with van der Waals surface area (Å²) in [5.74, 6) is -0.554. The van der Waals surface area contributed by atoms with Crippen molar-refractivity contribution < 1.29 is 19.1 Å². The Kier molecular flexibility index (Phi) is 13.1. The number of hydrogen-bond acceptors (Lipinski definition) is 4. The van der Waals surface area contributed by atoms with Crippen LogP contribution in [0.1, 0.15) is 97.2 Å². The van der Waals surface area contributed by atoms with Crippen molar-refractivity contribution in [2.75, 3.05) is 13.1 Å². The molecule has 0 saturated heterocycles. The van der Waals surface area contributed by atoms with E-state index in [1.807, 2.05) is 24.3 Å². The molecule has 0 bridgehead atoms. The third-order valence-corrected chi connectivity index (χ3v) is 5.49. The van der Waals surface area contributed by atoms with Gasteiger partial charge in [0.2, 0.25) is 11.8 Å². The summed E-state index contributed by atoms with van der Waals surface area (Å²) in [5, 5.41) is 5.65. The van der Waals surface area contributed by atoms with Crippen molar-refractivity contribution in [1.82, 2.24) is 15.5 Å². The van der Waals surface area contributed by atoms with Gasteiger partial charge in [0, 0.05) is 13.1 Å². The second kappa shape index (κ2) is 15.2. The molecule has 7 nitrogen and oxygen atoms in total. The second-order valence-electron chi connectivity index (χ2n) is 9.88. The van der Waals surface area contributed by atoms with Gasteiger partial charge in [-0.2, -0.15) is 0 Å². The van der Waals surface area contributed by atoms with Gasteiger partial charge in [0.05, 0.1) is 0 Å². The maximum Gasteiger partial charge on any atom is 0.408 e. The molecule has 2 unspecified atom stereocenters. The van der Waals surface area contributed by atoms with Crippen LogP contribution in [0.25, 0.3) is 6.08 Å². The van der Waals surface area contributed by atoms with Gasteiger partial charge in [-0.1, -0.05) is 70.4 Å². The Hall–Kier alpha value is -2.83. The van der Waals surface area contributed by atoms with Gasteiger partial charge in [0.15, 0.2) is 0 Å². The lowest BCUT2D eigenvalue weighted by Gasteiger charge is -2.34. The van der Waals surface area contributed by atoms with E-state index in [0.29, 0.717) is 18.7 Å². The summed E-state index contributed by atoms with van der Waals surface area (Å²) in [6.45, 7) is 15.9. The Morgan fingerprint density at radius 3 is 2.34 bits per heavy atom. The van der Waals surface area contributed by atoms with Crippen LogP contribution in [0.5, 0.6) is 0 Å². The van der Waals surface area contributed by atoms with Gasteiger partial charge in [0.1, 0.15) is 17.7 Å². The van der Waals surface area contributed by atoms with Crippen LogP contribution in [0.2, 0.25) is 0 Å². The van der Waals surface area contributed by atoms with Crippen LogP contribution in [-0.2, 0) is 14.3 Å². The number of benzene rings is 1. The van der Waals surface area contributed by atoms with Crippen LogP contribution < -0.4 is 10.6 Å². The number of ether oxygens (including phenoxy) is 1. The standard InChI is InChI=1S/C28H45N3O4/c1-8-11-13-18-29-25(32)24(23-17-15-16-22(10-3)20-23)31(19-14-12-9-2)26(33)21(4)30-27(34)35-28(5,6)7/h10,15-17,20-21,24H,3,8-9,11-14,18-19H2,1-2,4-7H3,(H,29,32)(H,30,34). The molecule has 0 heterocycles. The van der Waals surface area contributed by atoms with E-state index < -0.39 is 23.8 Å². The smallest absolute Gasteiger partial charge is 0.408 e. The number of rotatable bonds is 14. The highest BCUT2D eigenvalue weighted by Crippen LogP contribution is 2.25. The van der Waals surface area contributed by atoms with E-state index in [4.69, 9.17) is 4.74 Å². The van der Waals surface area contributed by atoms with Gasteiger partial charge >= 0.3 is 6.09 Å². The van der Waals surface area contributed by atoms with Crippen molar-refractivity contribution in [2.24, 2.45) is 0 Å². The first-order valence-corrected chi connectivity index (χ1v) is 12.8. The van der Waals surface area contributed by atoms with Gasteiger partial charge in [0.25, 0.3) is 0 Å². The lowest BCUT2D eigenvalue weighted by atomic mass is 10.00. The number of carbonyl (C=O) groups is 3. The molecule has 7 heteroatoms. The molecule has 2 N–H and O–H groups in total. The first-order chi connectivity index (χ1) is 16.5. The molecule has 3 amide bonds. The molecular formula is C28H45N3O4. The Bertz CT molecular complexity index is 832. The highest BCUT2D eigenvalue weighted by molar-refractivity contribution is 5.92. The molecule has 196 valence electrons. The summed E-state index contributed by atoms with van der Waals surface area (Å²) in [5.41, 5.74) is 0.900. The number of nitrogens with one attached hydrogen (secondary N) is 2. The molecule has 0 saturated carbocycles. The van der Waals surface area contributed by atoms with Gasteiger partial charge in [-0.15, -0.1) is 0 Å². The van der Waals surface area contributed by atoms with Gasteiger partial charge in [-0.3, -0.25) is 9.59 Å². The number of unbranched alkanes of at least 4 members (excludes halogenated alkanes) is 4. The van der Waals surface area contributed by atoms with Crippen LogP contribution in [0.4, 0.5) is 4.79 Å². The minimum absolute atomic E-state index is 0.225. The monoisotopic (exact) mass is 487 g/mol. The molecule has 0 aliphatic heterocycles. The third-order valence-electron chi connectivity index (χ3n) is 5.49. The van der Waals surface area contributed by atoms with Crippen molar-refractivity contribution in [3.05, 3.63) is 42.0 Å². The zero-order valence-corrected chi connectivity index (χ0v) is 22.5. The lowest BCUT2D eigenvalue weighted by molar-refractivity contribution is -0.142. The van der Waals surface area contributed by atoms with E-state index in [2.05, 4.69) is 31.1 Å². The molecular weight excluding hydrogens is 442 g/mol. The summed E-state index contributed by atoms with van der Waals surface area (Å²) in [6, 6.07) is 5.84. The number of carbonyl (C=O) groups excluding carboxylic acids is 3. The summed E-state index contributed by atoms with van der Waals surface area (Å²) in [4.78, 5) is 41.0. The minimum atomic E-state index is -0.857. The summed E-state index contributed by atoms with van der Waals surface area (Å²) >= 11 is 0. The SMILES string of the molecule is C=Cc1cccc(C(C(=O)NCCCCC)N(CCCCC)C(=O)C(C)NC(=O)OC(C)(C)C)c1. The summed E-state index contributed by atoms with van der Waals surface area (Å²) in [6.07, 6.45) is 6.66. The van der Waals surface area contributed by atoms with Crippen LogP contribution >= 0.6 is 0 Å². The van der Waals surface area contributed by atoms with Crippen molar-refractivity contribution in [3.63, 3.8) is 0 Å². The molecule has 0 aromatic heterocycles. The summed E-state index contributed by atoms with van der Waals surface area (Å²) in [7, 11) is 0. The molecule has 0 spiro atoms. The Morgan fingerprint density at radius 1 is 1.09 bits per heavy atom. The number of nitrogens with zero attached hydrogens (tertiary/aromatic N) is 1. The molecule has 1 aromatic carbocycles. The number of hydrogen-bond donors (Lipinski definition) is 2. The second-order valence-corrected chi connectivity index (χ2v) is 9.88. The number of amides is 3. The molecule has 0 aliphatic rings. The molecule has 2 atom stereocenters. The fourth-order valence-corrected chi connectivity index (χ4v) is 3.71. The average molecular weight is 488 g/mol. The number of alkyl carbamates (subject to hydrolysis) is 1. The molecule has 35 heavy (non-hydrogen) atoms. The molecule has 0 radical (unpaired) electrons. The van der Waals surface area contributed by atoms with Crippen molar-refractivity contribution >= 4 is 24.0 Å². The van der Waals surface area contributed by atoms with E-state index in [1.165, 1.54) is 0 Å². The van der Waals surface area contributed by atoms with Crippen LogP contribution in [0.15, 0.2) is 30.8 Å². The molecule has 0 aliphatic carbocycles. The molecule has 1 rings (SSSR count). The summed E-state index contributed by atoms with van der Waals surface area (Å²) < 4.78 is 5.32. The highest BCUT2D eigenvalue weighted by Gasteiger charge is 2.34. The van der Waals surface area contributed by atoms with E-state index in [9.17, 15) is 14.4 Å². The Balaban J connectivity index is 3.29. The zero-order chi connectivity index (χ0) is 26.4. The maximum absolute atomic E-state index is 13.6. The van der Waals surface area contributed by atoms with Gasteiger partial charge < -0.3 is 20.3 Å². The maximum atomic E-state index is 13.6. The van der Waals surface area contributed by atoms with Crippen LogP contribution in [0, 0.1) is 0 Å². The predicted octanol–water partition coefficient (Wildman–Crippen LogP) is 5.61. The molecule has 1 aromatic rings. The van der Waals surface area contributed by atoms with E-state index in [0.717, 1.165) is 44.1 Å². The van der Waals surface area contributed by atoms with Gasteiger partial charge in [-0.05, 0) is 57.7 Å². The zero-order valence-electron chi connectivity index (χ0n) is 22.5. The fraction of sp³-hybridized carbons (Fsp3) is 0.607. The Morgan fingerprint density at radius 2 is 1.74 bits per heavy atom. The topological polar surface area (TPSA) is 87.7 Å². The normalized spacial score (nSPS) is 12.9. The minimum Gasteiger partial charge on any atom is -0.444 e. The Labute approximate surface area is 211 Å². The van der Waals surface area contributed by atoms with Crippen molar-refractivity contribution in [3.8, 4) is 0 Å². The molecule has 0 fully saturated rings. The van der Waals surface area contributed by atoms with Crippen molar-refractivity contribution in [1.29, 1.82) is 0 Å². The van der Waals surface area contributed by atoms with Crippen molar-refractivity contribution in [2.45, 2.75) is 97.8 Å².